The van der Waals surface area contributed by atoms with Crippen LogP contribution in [0, 0.1) is 0 Å². The molecule has 0 N–H and O–H groups in total. The molecule has 1 aliphatic carbocycles. The Bertz CT molecular complexity index is 2110. The summed E-state index contributed by atoms with van der Waals surface area (Å²) >= 11 is 0. The third kappa shape index (κ3) is 3.99. The molecule has 0 aliphatic heterocycles. The van der Waals surface area contributed by atoms with Crippen molar-refractivity contribution in [3.8, 4) is 27.9 Å². The zero-order chi connectivity index (χ0) is 32.2. The molecule has 0 atom stereocenters. The molecule has 1 aliphatic rings. The van der Waals surface area contributed by atoms with Crippen molar-refractivity contribution in [2.45, 2.75) is 58.8 Å². The summed E-state index contributed by atoms with van der Waals surface area (Å²) < 4.78 is 43.8. The van der Waals surface area contributed by atoms with Crippen molar-refractivity contribution in [1.82, 2.24) is 4.57 Å². The minimum absolute atomic E-state index is 0.0273. The van der Waals surface area contributed by atoms with Gasteiger partial charge < -0.3 is 4.57 Å². The Hall–Kier alpha value is -4.10. The molecule has 0 unspecified atom stereocenters. The summed E-state index contributed by atoms with van der Waals surface area (Å²) in [6.07, 6.45) is 0.794. The largest absolute Gasteiger partial charge is 0.309 e. The van der Waals surface area contributed by atoms with E-state index >= 15 is 0 Å². The van der Waals surface area contributed by atoms with Crippen LogP contribution in [0.5, 0.6) is 0 Å². The maximum atomic E-state index is 8.53. The first-order valence-corrected chi connectivity index (χ1v) is 14.1. The van der Waals surface area contributed by atoms with E-state index in [1.165, 1.54) is 33.0 Å². The number of aromatic nitrogens is 1. The van der Waals surface area contributed by atoms with Gasteiger partial charge in [-0.05, 0) is 104 Å². The van der Waals surface area contributed by atoms with E-state index in [0.29, 0.717) is 5.56 Å². The van der Waals surface area contributed by atoms with Crippen molar-refractivity contribution in [3.05, 3.63) is 125 Å². The highest BCUT2D eigenvalue weighted by Gasteiger charge is 2.23. The van der Waals surface area contributed by atoms with Crippen LogP contribution in [0.2, 0.25) is 0 Å². The first kappa shape index (κ1) is 19.9. The minimum Gasteiger partial charge on any atom is -0.309 e. The lowest BCUT2D eigenvalue weighted by Gasteiger charge is -2.19. The molecule has 0 bridgehead atoms. The van der Waals surface area contributed by atoms with Crippen LogP contribution in [0.3, 0.4) is 0 Å². The molecule has 1 nitrogen and oxygen atoms in total. The molecule has 0 fully saturated rings. The van der Waals surface area contributed by atoms with E-state index in [0.717, 1.165) is 34.3 Å². The van der Waals surface area contributed by atoms with Gasteiger partial charge in [0.2, 0.25) is 0 Å². The summed E-state index contributed by atoms with van der Waals surface area (Å²) in [5.74, 6) is 0. The van der Waals surface area contributed by atoms with Crippen molar-refractivity contribution in [2.24, 2.45) is 0 Å². The fourth-order valence-corrected chi connectivity index (χ4v) is 6.08. The summed E-state index contributed by atoms with van der Waals surface area (Å²) in [5.41, 5.74) is 11.5. The molecule has 198 valence electrons. The molecule has 1 heteroatoms. The Morgan fingerprint density at radius 3 is 1.70 bits per heavy atom. The molecule has 0 saturated carbocycles. The third-order valence-corrected chi connectivity index (χ3v) is 8.42. The van der Waals surface area contributed by atoms with Crippen LogP contribution < -0.4 is 0 Å². The monoisotopic (exact) mass is 524 g/mol. The molecule has 7 rings (SSSR count). The number of hydrogen-bond donors (Lipinski definition) is 0. The van der Waals surface area contributed by atoms with E-state index in [2.05, 4.69) is 101 Å². The van der Waals surface area contributed by atoms with E-state index in [4.69, 9.17) is 6.85 Å². The van der Waals surface area contributed by atoms with Gasteiger partial charge in [0, 0.05) is 16.5 Å². The number of fused-ring (bicyclic) bond motifs is 6. The number of nitrogens with zero attached hydrogens (tertiary/aromatic N) is 1. The molecular weight excluding hydrogens is 482 g/mol. The lowest BCUT2D eigenvalue weighted by atomic mass is 9.85. The van der Waals surface area contributed by atoms with E-state index in [-0.39, 0.29) is 46.6 Å². The zero-order valence-corrected chi connectivity index (χ0v) is 24.1. The Kier molecular flexibility index (Phi) is 4.32. The third-order valence-electron chi connectivity index (χ3n) is 8.42. The molecule has 6 aromatic rings. The second-order valence-electron chi connectivity index (χ2n) is 13.2. The van der Waals surface area contributed by atoms with Crippen LogP contribution in [0.1, 0.15) is 70.7 Å². The smallest absolute Gasteiger partial charge is 0.0629 e. The van der Waals surface area contributed by atoms with Gasteiger partial charge in [-0.2, -0.15) is 0 Å². The molecule has 0 saturated heterocycles. The second-order valence-corrected chi connectivity index (χ2v) is 13.2. The lowest BCUT2D eigenvalue weighted by molar-refractivity contribution is 0.590. The van der Waals surface area contributed by atoms with Crippen molar-refractivity contribution in [3.63, 3.8) is 0 Å². The van der Waals surface area contributed by atoms with Gasteiger partial charge >= 0.3 is 0 Å². The van der Waals surface area contributed by atoms with Gasteiger partial charge in [-0.1, -0.05) is 102 Å². The quantitative estimate of drug-likeness (QED) is 0.212. The zero-order valence-electron chi connectivity index (χ0n) is 29.1. The summed E-state index contributed by atoms with van der Waals surface area (Å²) in [6, 6.07) is 24.9. The molecule has 40 heavy (non-hydrogen) atoms. The van der Waals surface area contributed by atoms with Crippen molar-refractivity contribution in [1.29, 1.82) is 0 Å². The lowest BCUT2D eigenvalue weighted by Crippen LogP contribution is -2.10. The van der Waals surface area contributed by atoms with Gasteiger partial charge in [0.25, 0.3) is 0 Å². The van der Waals surface area contributed by atoms with Crippen LogP contribution >= 0.6 is 0 Å². The Balaban J connectivity index is 1.44. The highest BCUT2D eigenvalue weighted by molar-refractivity contribution is 6.10. The van der Waals surface area contributed by atoms with Crippen molar-refractivity contribution in [2.75, 3.05) is 0 Å². The Morgan fingerprint density at radius 1 is 0.575 bits per heavy atom. The van der Waals surface area contributed by atoms with E-state index in [9.17, 15) is 0 Å². The normalized spacial score (nSPS) is 14.9. The standard InChI is InChI=1S/C39H37N/c1-38(2,3)29-15-18-36-34(22-29)35-23-30(39(4,5)6)16-19-37(35)40(36)31-17-14-28-20-27-13-12-26(21-32(27)33(28)24-31)25-10-8-7-9-11-25/h7-19,21-24H,20H2,1-6H3/i7D,8D,9D,10D,11D. The van der Waals surface area contributed by atoms with Gasteiger partial charge in [0.05, 0.1) is 17.9 Å². The van der Waals surface area contributed by atoms with Gasteiger partial charge in [0.15, 0.2) is 0 Å². The SMILES string of the molecule is [2H]c1c([2H])c([2H])c(-c2ccc3c(c2)-c2cc(-n4c5ccc(C(C)(C)C)cc5c5cc(C(C)(C)C)ccc54)ccc2C3)c([2H])c1[2H]. The van der Waals surface area contributed by atoms with Crippen molar-refractivity contribution < 1.29 is 6.85 Å². The number of rotatable bonds is 2. The second kappa shape index (κ2) is 8.70. The highest BCUT2D eigenvalue weighted by atomic mass is 15.0. The molecule has 0 spiro atoms. The maximum Gasteiger partial charge on any atom is 0.0629 e. The van der Waals surface area contributed by atoms with Crippen LogP contribution in [-0.2, 0) is 17.3 Å². The van der Waals surface area contributed by atoms with Crippen LogP contribution in [0.25, 0.3) is 49.7 Å². The molecule has 1 heterocycles. The molecule has 5 aromatic carbocycles. The fourth-order valence-electron chi connectivity index (χ4n) is 6.08. The van der Waals surface area contributed by atoms with E-state index < -0.39 is 0 Å². The van der Waals surface area contributed by atoms with Crippen LogP contribution in [-0.4, -0.2) is 4.57 Å². The molecule has 0 amide bonds. The van der Waals surface area contributed by atoms with Gasteiger partial charge in [-0.15, -0.1) is 0 Å². The number of hydrogen-bond acceptors (Lipinski definition) is 0. The molecule has 1 aromatic heterocycles. The first-order valence-electron chi connectivity index (χ1n) is 16.6. The fraction of sp³-hybridized carbons (Fsp3) is 0.231. The maximum absolute atomic E-state index is 8.53. The first-order chi connectivity index (χ1) is 21.1. The van der Waals surface area contributed by atoms with Gasteiger partial charge in [-0.3, -0.25) is 0 Å². The summed E-state index contributed by atoms with van der Waals surface area (Å²) in [4.78, 5) is 0. The minimum atomic E-state index is -0.375. The van der Waals surface area contributed by atoms with Gasteiger partial charge in [0.1, 0.15) is 0 Å². The van der Waals surface area contributed by atoms with E-state index in [1.807, 2.05) is 18.2 Å². The van der Waals surface area contributed by atoms with E-state index in [1.54, 1.807) is 0 Å². The summed E-state index contributed by atoms with van der Waals surface area (Å²) in [5, 5.41) is 2.49. The predicted molar refractivity (Wildman–Crippen MR) is 172 cm³/mol. The Labute approximate surface area is 245 Å². The van der Waals surface area contributed by atoms with Crippen LogP contribution in [0.15, 0.2) is 103 Å². The summed E-state index contributed by atoms with van der Waals surface area (Å²) in [6.45, 7) is 13.5. The summed E-state index contributed by atoms with van der Waals surface area (Å²) in [7, 11) is 0. The molecule has 0 radical (unpaired) electrons. The predicted octanol–water partition coefficient (Wildman–Crippen LogP) is 10.6. The van der Waals surface area contributed by atoms with Crippen LogP contribution in [0.4, 0.5) is 0 Å². The average molecular weight is 525 g/mol. The molecular formula is C39H37N. The van der Waals surface area contributed by atoms with Crippen molar-refractivity contribution >= 4 is 21.8 Å². The topological polar surface area (TPSA) is 4.93 Å². The highest BCUT2D eigenvalue weighted by Crippen LogP contribution is 2.42. The van der Waals surface area contributed by atoms with Gasteiger partial charge in [-0.25, -0.2) is 0 Å². The number of benzene rings is 5. The average Bonchev–Trinajstić information content (AvgIpc) is 3.52. The Morgan fingerprint density at radius 2 is 1.12 bits per heavy atom.